The van der Waals surface area contributed by atoms with Gasteiger partial charge in [0.2, 0.25) is 0 Å². The Kier molecular flexibility index (Phi) is 4.64. The first-order valence-electron chi connectivity index (χ1n) is 6.02. The van der Waals surface area contributed by atoms with E-state index in [-0.39, 0.29) is 6.04 Å². The van der Waals surface area contributed by atoms with E-state index < -0.39 is 11.9 Å². The van der Waals surface area contributed by atoms with Gasteiger partial charge in [-0.3, -0.25) is 0 Å². The van der Waals surface area contributed by atoms with Crippen molar-refractivity contribution in [3.63, 3.8) is 0 Å². The number of aromatic nitrogens is 1. The van der Waals surface area contributed by atoms with Crippen LogP contribution in [0.1, 0.15) is 24.2 Å². The molecule has 0 saturated heterocycles. The van der Waals surface area contributed by atoms with Crippen molar-refractivity contribution in [2.45, 2.75) is 19.1 Å². The van der Waals surface area contributed by atoms with Crippen molar-refractivity contribution < 1.29 is 13.2 Å². The average Bonchev–Trinajstić information content (AvgIpc) is 2.41. The molecule has 21 heavy (non-hydrogen) atoms. The van der Waals surface area contributed by atoms with E-state index in [2.05, 4.69) is 10.3 Å². The van der Waals surface area contributed by atoms with E-state index in [1.54, 1.807) is 18.2 Å². The van der Waals surface area contributed by atoms with Crippen LogP contribution >= 0.6 is 23.2 Å². The van der Waals surface area contributed by atoms with Crippen molar-refractivity contribution >= 4 is 28.9 Å². The van der Waals surface area contributed by atoms with Gasteiger partial charge in [-0.25, -0.2) is 4.98 Å². The predicted molar refractivity (Wildman–Crippen MR) is 77.7 cm³/mol. The summed E-state index contributed by atoms with van der Waals surface area (Å²) >= 11 is 12.0. The van der Waals surface area contributed by atoms with E-state index in [0.29, 0.717) is 15.7 Å². The zero-order valence-corrected chi connectivity index (χ0v) is 12.4. The second-order valence-corrected chi connectivity index (χ2v) is 5.22. The van der Waals surface area contributed by atoms with Crippen molar-refractivity contribution in [1.82, 2.24) is 4.98 Å². The molecule has 1 unspecified atom stereocenters. The molecule has 0 spiro atoms. The van der Waals surface area contributed by atoms with E-state index in [1.807, 2.05) is 6.92 Å². The minimum Gasteiger partial charge on any atom is -0.377 e. The van der Waals surface area contributed by atoms with Gasteiger partial charge in [-0.2, -0.15) is 13.2 Å². The molecule has 7 heteroatoms. The van der Waals surface area contributed by atoms with Gasteiger partial charge in [0.1, 0.15) is 5.69 Å². The van der Waals surface area contributed by atoms with Crippen LogP contribution in [0.2, 0.25) is 10.0 Å². The third-order valence-electron chi connectivity index (χ3n) is 2.89. The van der Waals surface area contributed by atoms with Crippen LogP contribution in [0.5, 0.6) is 0 Å². The summed E-state index contributed by atoms with van der Waals surface area (Å²) < 4.78 is 37.3. The number of anilines is 1. The van der Waals surface area contributed by atoms with E-state index in [0.717, 1.165) is 17.8 Å². The van der Waals surface area contributed by atoms with Crippen molar-refractivity contribution in [2.75, 3.05) is 5.32 Å². The van der Waals surface area contributed by atoms with Crippen LogP contribution in [0.3, 0.4) is 0 Å². The third kappa shape index (κ3) is 3.80. The van der Waals surface area contributed by atoms with Gasteiger partial charge in [0.25, 0.3) is 0 Å². The number of rotatable bonds is 3. The first-order valence-corrected chi connectivity index (χ1v) is 6.78. The molecule has 0 amide bonds. The van der Waals surface area contributed by atoms with E-state index >= 15 is 0 Å². The van der Waals surface area contributed by atoms with E-state index in [9.17, 15) is 13.2 Å². The Hall–Kier alpha value is -1.46. The van der Waals surface area contributed by atoms with E-state index in [1.165, 1.54) is 6.07 Å². The summed E-state index contributed by atoms with van der Waals surface area (Å²) in [5, 5.41) is 3.87. The molecule has 2 aromatic rings. The molecule has 0 aliphatic carbocycles. The zero-order valence-electron chi connectivity index (χ0n) is 10.9. The van der Waals surface area contributed by atoms with Gasteiger partial charge < -0.3 is 5.32 Å². The Bertz CT molecular complexity index is 627. The molecule has 0 bridgehead atoms. The fraction of sp³-hybridized carbons (Fsp3) is 0.214. The Morgan fingerprint density at radius 2 is 1.86 bits per heavy atom. The van der Waals surface area contributed by atoms with Gasteiger partial charge in [-0.15, -0.1) is 0 Å². The quantitative estimate of drug-likeness (QED) is 0.792. The van der Waals surface area contributed by atoms with Crippen molar-refractivity contribution in [1.29, 1.82) is 0 Å². The highest BCUT2D eigenvalue weighted by atomic mass is 35.5. The predicted octanol–water partition coefficient (Wildman–Crippen LogP) is 5.58. The maximum atomic E-state index is 12.4. The molecule has 112 valence electrons. The SMILES string of the molecule is CC(Nc1ccc(C(F)(F)F)nc1)c1cccc(Cl)c1Cl. The number of pyridine rings is 1. The molecule has 2 nitrogen and oxygen atoms in total. The Balaban J connectivity index is 2.16. The molecular weight excluding hydrogens is 324 g/mol. The zero-order chi connectivity index (χ0) is 15.6. The van der Waals surface area contributed by atoms with Gasteiger partial charge in [0.05, 0.1) is 28.0 Å². The normalized spacial score (nSPS) is 13.0. The number of nitrogens with one attached hydrogen (secondary N) is 1. The highest BCUT2D eigenvalue weighted by Crippen LogP contribution is 2.32. The molecule has 2 rings (SSSR count). The van der Waals surface area contributed by atoms with Crippen molar-refractivity contribution in [3.8, 4) is 0 Å². The molecule has 1 aromatic heterocycles. The number of hydrogen-bond donors (Lipinski definition) is 1. The lowest BCUT2D eigenvalue weighted by Gasteiger charge is -2.17. The van der Waals surface area contributed by atoms with Crippen LogP contribution in [0.25, 0.3) is 0 Å². The Morgan fingerprint density at radius 1 is 1.14 bits per heavy atom. The lowest BCUT2D eigenvalue weighted by Crippen LogP contribution is -2.10. The van der Waals surface area contributed by atoms with Crippen molar-refractivity contribution in [2.24, 2.45) is 0 Å². The van der Waals surface area contributed by atoms with Crippen LogP contribution in [0.4, 0.5) is 18.9 Å². The second kappa shape index (κ2) is 6.12. The largest absolute Gasteiger partial charge is 0.433 e. The smallest absolute Gasteiger partial charge is 0.377 e. The van der Waals surface area contributed by atoms with Crippen LogP contribution in [0, 0.1) is 0 Å². The standard InChI is InChI=1S/C14H11Cl2F3N2/c1-8(10-3-2-4-11(15)13(10)16)21-9-5-6-12(20-7-9)14(17,18)19/h2-8,21H,1H3. The lowest BCUT2D eigenvalue weighted by molar-refractivity contribution is -0.141. The molecular formula is C14H11Cl2F3N2. The molecule has 1 aromatic carbocycles. The average molecular weight is 335 g/mol. The number of nitrogens with zero attached hydrogens (tertiary/aromatic N) is 1. The van der Waals surface area contributed by atoms with Crippen LogP contribution in [-0.2, 0) is 6.18 Å². The van der Waals surface area contributed by atoms with Gasteiger partial charge in [0.15, 0.2) is 0 Å². The fourth-order valence-corrected chi connectivity index (χ4v) is 2.30. The second-order valence-electron chi connectivity index (χ2n) is 4.44. The van der Waals surface area contributed by atoms with Gasteiger partial charge in [0, 0.05) is 0 Å². The highest BCUT2D eigenvalue weighted by Gasteiger charge is 2.32. The molecule has 0 saturated carbocycles. The monoisotopic (exact) mass is 334 g/mol. The summed E-state index contributed by atoms with van der Waals surface area (Å²) in [5.74, 6) is 0. The fourth-order valence-electron chi connectivity index (χ4n) is 1.83. The summed E-state index contributed by atoms with van der Waals surface area (Å²) in [6, 6.07) is 7.24. The maximum absolute atomic E-state index is 12.4. The topological polar surface area (TPSA) is 24.9 Å². The third-order valence-corrected chi connectivity index (χ3v) is 3.72. The number of hydrogen-bond acceptors (Lipinski definition) is 2. The molecule has 1 N–H and O–H groups in total. The highest BCUT2D eigenvalue weighted by molar-refractivity contribution is 6.42. The molecule has 1 heterocycles. The minimum absolute atomic E-state index is 0.227. The molecule has 0 fully saturated rings. The first kappa shape index (κ1) is 15.9. The van der Waals surface area contributed by atoms with Crippen LogP contribution < -0.4 is 5.32 Å². The van der Waals surface area contributed by atoms with Gasteiger partial charge in [-0.1, -0.05) is 35.3 Å². The van der Waals surface area contributed by atoms with Crippen LogP contribution in [0.15, 0.2) is 36.5 Å². The van der Waals surface area contributed by atoms with Gasteiger partial charge >= 0.3 is 6.18 Å². The van der Waals surface area contributed by atoms with Gasteiger partial charge in [-0.05, 0) is 30.7 Å². The summed E-state index contributed by atoms with van der Waals surface area (Å²) in [6.07, 6.45) is -3.31. The Morgan fingerprint density at radius 3 is 2.43 bits per heavy atom. The van der Waals surface area contributed by atoms with Crippen molar-refractivity contribution in [3.05, 3.63) is 57.8 Å². The summed E-state index contributed by atoms with van der Waals surface area (Å²) in [4.78, 5) is 3.39. The molecule has 0 aliphatic heterocycles. The number of benzene rings is 1. The van der Waals surface area contributed by atoms with Crippen LogP contribution in [-0.4, -0.2) is 4.98 Å². The lowest BCUT2D eigenvalue weighted by atomic mass is 10.1. The first-order chi connectivity index (χ1) is 9.79. The summed E-state index contributed by atoms with van der Waals surface area (Å²) in [7, 11) is 0. The molecule has 0 aliphatic rings. The maximum Gasteiger partial charge on any atom is 0.433 e. The number of alkyl halides is 3. The summed E-state index contributed by atoms with van der Waals surface area (Å²) in [6.45, 7) is 1.83. The molecule has 1 atom stereocenters. The summed E-state index contributed by atoms with van der Waals surface area (Å²) in [5.41, 5.74) is 0.289. The minimum atomic E-state index is -4.44. The Labute approximate surface area is 129 Å². The van der Waals surface area contributed by atoms with E-state index in [4.69, 9.17) is 23.2 Å². The number of halogens is 5. The molecule has 0 radical (unpaired) electrons.